The average molecular weight is 485 g/mol. The van der Waals surface area contributed by atoms with Gasteiger partial charge in [0.05, 0.1) is 26.2 Å². The van der Waals surface area contributed by atoms with Crippen LogP contribution < -0.4 is 16.4 Å². The first kappa shape index (κ1) is 29.9. The van der Waals surface area contributed by atoms with Gasteiger partial charge in [0.25, 0.3) is 0 Å². The number of benzene rings is 3. The normalized spacial score (nSPS) is 11.0. The highest BCUT2D eigenvalue weighted by Gasteiger charge is 2.23. The standard InChI is InChI=1S/C26H31B.C8H20N/c1-2-3-4-5-6-9-16-23-17-14-15-22-26(23)27(24-18-10-7-11-19-24)25-20-12-8-13-21-25;1-5-9(6-2,7-3)8-4/h7-8,10-15,17-22H,2-6,9,16H2,1H3;5-8H2,1-4H3/q;+1. The van der Waals surface area contributed by atoms with E-state index >= 15 is 0 Å². The Morgan fingerprint density at radius 3 is 1.42 bits per heavy atom. The summed E-state index contributed by atoms with van der Waals surface area (Å²) in [6.07, 6.45) is 9.26. The summed E-state index contributed by atoms with van der Waals surface area (Å²) in [6.45, 7) is 16.8. The van der Waals surface area contributed by atoms with Gasteiger partial charge in [-0.3, -0.25) is 0 Å². The number of unbranched alkanes of at least 4 members (excludes halogenated alkanes) is 5. The van der Waals surface area contributed by atoms with Crippen molar-refractivity contribution in [2.45, 2.75) is 79.6 Å². The first-order valence-electron chi connectivity index (χ1n) is 14.7. The van der Waals surface area contributed by atoms with Crippen LogP contribution in [0.4, 0.5) is 0 Å². The van der Waals surface area contributed by atoms with Crippen molar-refractivity contribution in [2.75, 3.05) is 26.2 Å². The molecule has 0 aromatic heterocycles. The van der Waals surface area contributed by atoms with E-state index in [1.54, 1.807) is 0 Å². The van der Waals surface area contributed by atoms with E-state index in [0.29, 0.717) is 6.71 Å². The maximum Gasteiger partial charge on any atom is 0.241 e. The summed E-state index contributed by atoms with van der Waals surface area (Å²) >= 11 is 0. The number of hydrogen-bond acceptors (Lipinski definition) is 0. The van der Waals surface area contributed by atoms with Crippen molar-refractivity contribution < 1.29 is 4.48 Å². The molecule has 36 heavy (non-hydrogen) atoms. The zero-order valence-corrected chi connectivity index (χ0v) is 23.9. The molecule has 3 aromatic carbocycles. The van der Waals surface area contributed by atoms with Crippen LogP contribution in [0.3, 0.4) is 0 Å². The molecule has 0 heterocycles. The summed E-state index contributed by atoms with van der Waals surface area (Å²) in [4.78, 5) is 0. The number of hydrogen-bond donors (Lipinski definition) is 0. The quantitative estimate of drug-likeness (QED) is 0.131. The molecular weight excluding hydrogens is 433 g/mol. The van der Waals surface area contributed by atoms with Crippen LogP contribution in [0.25, 0.3) is 0 Å². The summed E-state index contributed by atoms with van der Waals surface area (Å²) < 4.78 is 1.28. The summed E-state index contributed by atoms with van der Waals surface area (Å²) in [7, 11) is 0. The van der Waals surface area contributed by atoms with E-state index in [-0.39, 0.29) is 0 Å². The Morgan fingerprint density at radius 1 is 0.500 bits per heavy atom. The lowest BCUT2D eigenvalue weighted by Crippen LogP contribution is -2.53. The molecule has 0 unspecified atom stereocenters. The topological polar surface area (TPSA) is 0 Å². The number of rotatable bonds is 14. The van der Waals surface area contributed by atoms with Crippen molar-refractivity contribution in [1.82, 2.24) is 0 Å². The molecule has 194 valence electrons. The summed E-state index contributed by atoms with van der Waals surface area (Å²) in [5.74, 6) is 0. The molecule has 0 amide bonds. The monoisotopic (exact) mass is 484 g/mol. The molecule has 0 saturated heterocycles. The fourth-order valence-corrected chi connectivity index (χ4v) is 5.32. The van der Waals surface area contributed by atoms with Crippen LogP contribution in [0.1, 0.15) is 78.7 Å². The van der Waals surface area contributed by atoms with Crippen LogP contribution in [0.2, 0.25) is 0 Å². The molecule has 0 spiro atoms. The Labute approximate surface area is 223 Å². The first-order valence-corrected chi connectivity index (χ1v) is 14.7. The van der Waals surface area contributed by atoms with Crippen molar-refractivity contribution in [1.29, 1.82) is 0 Å². The molecule has 0 fully saturated rings. The molecule has 0 aliphatic heterocycles. The highest BCUT2D eigenvalue weighted by molar-refractivity contribution is 6.95. The fraction of sp³-hybridized carbons (Fsp3) is 0.471. The van der Waals surface area contributed by atoms with Gasteiger partial charge in [0, 0.05) is 0 Å². The van der Waals surface area contributed by atoms with Crippen molar-refractivity contribution in [3.63, 3.8) is 0 Å². The first-order chi connectivity index (χ1) is 17.6. The summed E-state index contributed by atoms with van der Waals surface area (Å²) in [6, 6.07) is 30.9. The lowest BCUT2D eigenvalue weighted by Gasteiger charge is -2.34. The van der Waals surface area contributed by atoms with Gasteiger partial charge in [-0.2, -0.15) is 0 Å². The molecule has 0 atom stereocenters. The lowest BCUT2D eigenvalue weighted by molar-refractivity contribution is -0.921. The SMILES string of the molecule is CCCCCCCCc1ccccc1B(c1ccccc1)c1ccccc1.CC[N+](CC)(CC)CC. The molecule has 3 rings (SSSR count). The molecule has 0 N–H and O–H groups in total. The minimum atomic E-state index is 0.309. The van der Waals surface area contributed by atoms with Gasteiger partial charge >= 0.3 is 0 Å². The van der Waals surface area contributed by atoms with Gasteiger partial charge < -0.3 is 4.48 Å². The molecular formula is C34H51BN+. The fourth-order valence-electron chi connectivity index (χ4n) is 5.32. The van der Waals surface area contributed by atoms with Crippen molar-refractivity contribution in [2.24, 2.45) is 0 Å². The summed E-state index contributed by atoms with van der Waals surface area (Å²) in [5, 5.41) is 0. The van der Waals surface area contributed by atoms with Gasteiger partial charge in [0.1, 0.15) is 0 Å². The third-order valence-corrected chi connectivity index (χ3v) is 8.11. The number of nitrogens with zero attached hydrogens (tertiary/aromatic N) is 1. The van der Waals surface area contributed by atoms with Crippen molar-refractivity contribution >= 4 is 23.1 Å². The zero-order valence-electron chi connectivity index (χ0n) is 23.9. The molecule has 0 bridgehead atoms. The van der Waals surface area contributed by atoms with E-state index in [0.717, 1.165) is 0 Å². The highest BCUT2D eigenvalue weighted by atomic mass is 15.3. The van der Waals surface area contributed by atoms with Crippen LogP contribution >= 0.6 is 0 Å². The second-order valence-electron chi connectivity index (χ2n) is 10.1. The molecule has 3 aromatic rings. The molecule has 0 aliphatic carbocycles. The number of quaternary nitrogens is 1. The Kier molecular flexibility index (Phi) is 14.3. The second-order valence-corrected chi connectivity index (χ2v) is 10.1. The Hall–Kier alpha value is -2.32. The van der Waals surface area contributed by atoms with E-state index < -0.39 is 0 Å². The zero-order chi connectivity index (χ0) is 26.1. The van der Waals surface area contributed by atoms with Crippen LogP contribution in [0, 0.1) is 0 Å². The van der Waals surface area contributed by atoms with Crippen LogP contribution in [-0.2, 0) is 6.42 Å². The van der Waals surface area contributed by atoms with Gasteiger partial charge in [0.2, 0.25) is 6.71 Å². The van der Waals surface area contributed by atoms with Crippen LogP contribution in [0.15, 0.2) is 84.9 Å². The average Bonchev–Trinajstić information content (AvgIpc) is 2.95. The largest absolute Gasteiger partial charge is 0.325 e. The number of aryl methyl sites for hydroxylation is 1. The van der Waals surface area contributed by atoms with Gasteiger partial charge in [0.15, 0.2) is 0 Å². The lowest BCUT2D eigenvalue weighted by atomic mass is 9.36. The summed E-state index contributed by atoms with van der Waals surface area (Å²) in [5.41, 5.74) is 5.72. The van der Waals surface area contributed by atoms with Crippen LogP contribution in [0.5, 0.6) is 0 Å². The van der Waals surface area contributed by atoms with Crippen LogP contribution in [-0.4, -0.2) is 37.4 Å². The van der Waals surface area contributed by atoms with E-state index in [1.807, 2.05) is 0 Å². The van der Waals surface area contributed by atoms with Gasteiger partial charge in [-0.15, -0.1) is 0 Å². The third kappa shape index (κ3) is 9.28. The minimum absolute atomic E-state index is 0.309. The second kappa shape index (κ2) is 17.2. The van der Waals surface area contributed by atoms with Crippen molar-refractivity contribution in [3.05, 3.63) is 90.5 Å². The maximum atomic E-state index is 2.33. The Bertz CT molecular complexity index is 877. The molecule has 0 aliphatic rings. The third-order valence-electron chi connectivity index (χ3n) is 8.11. The Balaban J connectivity index is 0.000000434. The molecule has 0 saturated carbocycles. The van der Waals surface area contributed by atoms with E-state index in [1.165, 1.54) is 97.6 Å². The van der Waals surface area contributed by atoms with E-state index in [2.05, 4.69) is 120 Å². The maximum absolute atomic E-state index is 2.33. The van der Waals surface area contributed by atoms with E-state index in [9.17, 15) is 0 Å². The predicted molar refractivity (Wildman–Crippen MR) is 163 cm³/mol. The van der Waals surface area contributed by atoms with E-state index in [4.69, 9.17) is 0 Å². The van der Waals surface area contributed by atoms with Gasteiger partial charge in [-0.25, -0.2) is 0 Å². The van der Waals surface area contributed by atoms with Gasteiger partial charge in [-0.05, 0) is 40.5 Å². The Morgan fingerprint density at radius 2 is 0.944 bits per heavy atom. The highest BCUT2D eigenvalue weighted by Crippen LogP contribution is 2.10. The van der Waals surface area contributed by atoms with Crippen molar-refractivity contribution in [3.8, 4) is 0 Å². The smallest absolute Gasteiger partial charge is 0.241 e. The predicted octanol–water partition coefficient (Wildman–Crippen LogP) is 6.99. The molecule has 2 heteroatoms. The van der Waals surface area contributed by atoms with Gasteiger partial charge in [-0.1, -0.05) is 146 Å². The molecule has 1 nitrogen and oxygen atoms in total. The minimum Gasteiger partial charge on any atom is -0.325 e. The molecule has 0 radical (unpaired) electrons.